The van der Waals surface area contributed by atoms with Crippen LogP contribution in [0.4, 0.5) is 4.39 Å². The van der Waals surface area contributed by atoms with Crippen LogP contribution in [0.3, 0.4) is 0 Å². The van der Waals surface area contributed by atoms with Crippen LogP contribution in [-0.2, 0) is 6.42 Å². The summed E-state index contributed by atoms with van der Waals surface area (Å²) in [6.45, 7) is 1.81. The molecule has 0 atom stereocenters. The molecule has 0 saturated carbocycles. The molecule has 0 saturated heterocycles. The van der Waals surface area contributed by atoms with Crippen molar-refractivity contribution in [2.45, 2.75) is 13.3 Å². The second-order valence-corrected chi connectivity index (χ2v) is 5.37. The lowest BCUT2D eigenvalue weighted by atomic mass is 10.2. The fourth-order valence-corrected chi connectivity index (χ4v) is 2.87. The van der Waals surface area contributed by atoms with Gasteiger partial charge in [-0.15, -0.1) is 5.10 Å². The lowest BCUT2D eigenvalue weighted by Crippen LogP contribution is -2.04. The van der Waals surface area contributed by atoms with E-state index in [-0.39, 0.29) is 11.5 Å². The number of hydrogen-bond donors (Lipinski definition) is 0. The fraction of sp³-hybridized carbons (Fsp3) is 0.143. The number of aryl methyl sites for hydroxylation is 1. The molecule has 4 rings (SSSR count). The van der Waals surface area contributed by atoms with Gasteiger partial charge in [-0.2, -0.15) is 0 Å². The number of benzene rings is 1. The van der Waals surface area contributed by atoms with E-state index in [1.54, 1.807) is 15.3 Å². The molecule has 2 aromatic heterocycles. The average Bonchev–Trinajstić information content (AvgIpc) is 3.01. The maximum Gasteiger partial charge on any atom is 0.272 e. The number of nitrogens with zero attached hydrogens (tertiary/aromatic N) is 5. The van der Waals surface area contributed by atoms with E-state index in [0.29, 0.717) is 29.2 Å². The second kappa shape index (κ2) is 4.48. The topological polar surface area (TPSA) is 65.6 Å². The van der Waals surface area contributed by atoms with Crippen LogP contribution >= 0.6 is 11.6 Å². The van der Waals surface area contributed by atoms with Gasteiger partial charge in [0.2, 0.25) is 0 Å². The molecule has 0 aliphatic carbocycles. The predicted octanol–water partition coefficient (Wildman–Crippen LogP) is 2.18. The molecule has 3 aromatic rings. The lowest BCUT2D eigenvalue weighted by Gasteiger charge is -2.09. The van der Waals surface area contributed by atoms with Crippen molar-refractivity contribution in [1.29, 1.82) is 0 Å². The molecule has 8 heteroatoms. The number of carbonyl (C=O) groups is 1. The first-order chi connectivity index (χ1) is 10.6. The summed E-state index contributed by atoms with van der Waals surface area (Å²) in [6, 6.07) is 4.34. The smallest absolute Gasteiger partial charge is 0.272 e. The number of halogens is 2. The molecule has 110 valence electrons. The maximum atomic E-state index is 13.7. The van der Waals surface area contributed by atoms with Gasteiger partial charge in [-0.05, 0) is 30.7 Å². The van der Waals surface area contributed by atoms with Gasteiger partial charge >= 0.3 is 0 Å². The number of carbonyl (C=O) groups excluding carboxylic acids is 1. The van der Waals surface area contributed by atoms with E-state index in [1.165, 1.54) is 18.5 Å². The van der Waals surface area contributed by atoms with Crippen molar-refractivity contribution in [3.8, 4) is 11.4 Å². The Morgan fingerprint density at radius 3 is 2.91 bits per heavy atom. The van der Waals surface area contributed by atoms with Crippen LogP contribution in [-0.4, -0.2) is 29.8 Å². The van der Waals surface area contributed by atoms with Gasteiger partial charge in [-0.3, -0.25) is 9.36 Å². The molecule has 22 heavy (non-hydrogen) atoms. The summed E-state index contributed by atoms with van der Waals surface area (Å²) in [5, 5.41) is 7.50. The number of fused-ring (bicyclic) bond motifs is 5. The Bertz CT molecular complexity index is 929. The quantitative estimate of drug-likeness (QED) is 0.505. The van der Waals surface area contributed by atoms with E-state index in [0.717, 1.165) is 5.69 Å². The molecule has 0 fully saturated rings. The van der Waals surface area contributed by atoms with Gasteiger partial charge in [0.15, 0.2) is 0 Å². The van der Waals surface area contributed by atoms with E-state index >= 15 is 0 Å². The van der Waals surface area contributed by atoms with Crippen LogP contribution in [0, 0.1) is 12.7 Å². The first-order valence-electron chi connectivity index (χ1n) is 6.54. The predicted molar refractivity (Wildman–Crippen MR) is 76.2 cm³/mol. The Hall–Kier alpha value is -2.54. The molecule has 1 aromatic carbocycles. The van der Waals surface area contributed by atoms with Crippen molar-refractivity contribution in [2.75, 3.05) is 0 Å². The van der Waals surface area contributed by atoms with Gasteiger partial charge in [-0.1, -0.05) is 5.21 Å². The van der Waals surface area contributed by atoms with E-state index < -0.39 is 5.24 Å². The monoisotopic (exact) mass is 317 g/mol. The van der Waals surface area contributed by atoms with Gasteiger partial charge in [0.05, 0.1) is 28.5 Å². The normalized spacial score (nSPS) is 12.3. The minimum absolute atomic E-state index is 0.186. The van der Waals surface area contributed by atoms with Crippen molar-refractivity contribution in [3.63, 3.8) is 0 Å². The van der Waals surface area contributed by atoms with Gasteiger partial charge in [-0.25, -0.2) is 14.1 Å². The summed E-state index contributed by atoms with van der Waals surface area (Å²) >= 11 is 5.62. The second-order valence-electron chi connectivity index (χ2n) is 5.03. The molecule has 6 nitrogen and oxygen atoms in total. The first-order valence-corrected chi connectivity index (χ1v) is 6.91. The van der Waals surface area contributed by atoms with Crippen LogP contribution in [0.5, 0.6) is 0 Å². The molecule has 0 spiro atoms. The molecule has 1 aliphatic heterocycles. The number of hydrogen-bond acceptors (Lipinski definition) is 4. The summed E-state index contributed by atoms with van der Waals surface area (Å²) in [7, 11) is 0. The highest BCUT2D eigenvalue weighted by atomic mass is 35.5. The van der Waals surface area contributed by atoms with E-state index in [2.05, 4.69) is 15.3 Å². The molecule has 0 N–H and O–H groups in total. The molecule has 3 heterocycles. The first kappa shape index (κ1) is 13.1. The molecule has 1 aliphatic rings. The molecule has 0 bridgehead atoms. The summed E-state index contributed by atoms with van der Waals surface area (Å²) in [6.07, 6.45) is 1.89. The summed E-state index contributed by atoms with van der Waals surface area (Å²) in [5.74, 6) is -0.380. The van der Waals surface area contributed by atoms with Crippen LogP contribution in [0.2, 0.25) is 0 Å². The van der Waals surface area contributed by atoms with E-state index in [4.69, 9.17) is 11.6 Å². The van der Waals surface area contributed by atoms with Crippen LogP contribution in [0.1, 0.15) is 27.6 Å². The minimum atomic E-state index is -0.629. The minimum Gasteiger partial charge on any atom is -0.300 e. The Morgan fingerprint density at radius 1 is 1.32 bits per heavy atom. The molecule has 0 amide bonds. The Labute approximate surface area is 129 Å². The zero-order valence-corrected chi connectivity index (χ0v) is 12.2. The molecular weight excluding hydrogens is 309 g/mol. The Balaban J connectivity index is 2.11. The highest BCUT2D eigenvalue weighted by Crippen LogP contribution is 2.30. The van der Waals surface area contributed by atoms with Crippen molar-refractivity contribution < 1.29 is 9.18 Å². The standard InChI is InChI=1S/C14H9ClFN5O/c1-7-10-5-12-13(14(15)22)17-6-20(12)9-3-2-8(16)4-11(9)21(10)19-18-7/h2-4,6H,5H2,1H3. The van der Waals surface area contributed by atoms with Crippen LogP contribution in [0.15, 0.2) is 24.5 Å². The van der Waals surface area contributed by atoms with Crippen molar-refractivity contribution in [1.82, 2.24) is 24.5 Å². The van der Waals surface area contributed by atoms with Gasteiger partial charge in [0.1, 0.15) is 17.8 Å². The lowest BCUT2D eigenvalue weighted by molar-refractivity contribution is 0.107. The van der Waals surface area contributed by atoms with E-state index in [1.807, 2.05) is 6.92 Å². The van der Waals surface area contributed by atoms with Gasteiger partial charge in [0.25, 0.3) is 5.24 Å². The van der Waals surface area contributed by atoms with E-state index in [9.17, 15) is 9.18 Å². The van der Waals surface area contributed by atoms with Crippen molar-refractivity contribution in [3.05, 3.63) is 53.1 Å². The highest BCUT2D eigenvalue weighted by molar-refractivity contribution is 6.67. The van der Waals surface area contributed by atoms with Crippen LogP contribution in [0.25, 0.3) is 11.4 Å². The summed E-state index contributed by atoms with van der Waals surface area (Å²) < 4.78 is 17.0. The Morgan fingerprint density at radius 2 is 2.14 bits per heavy atom. The molecular formula is C14H9ClFN5O. The Kier molecular flexibility index (Phi) is 2.67. The average molecular weight is 318 g/mol. The molecule has 0 radical (unpaired) electrons. The van der Waals surface area contributed by atoms with Crippen molar-refractivity contribution >= 4 is 16.8 Å². The third-order valence-corrected chi connectivity index (χ3v) is 3.95. The zero-order valence-electron chi connectivity index (χ0n) is 11.4. The van der Waals surface area contributed by atoms with Gasteiger partial charge < -0.3 is 0 Å². The highest BCUT2D eigenvalue weighted by Gasteiger charge is 2.26. The van der Waals surface area contributed by atoms with Crippen LogP contribution < -0.4 is 0 Å². The maximum absolute atomic E-state index is 13.7. The number of imidazole rings is 1. The molecule has 0 unspecified atom stereocenters. The van der Waals surface area contributed by atoms with Crippen molar-refractivity contribution in [2.24, 2.45) is 0 Å². The summed E-state index contributed by atoms with van der Waals surface area (Å²) in [5.41, 5.74) is 3.50. The SMILES string of the molecule is Cc1nnn2c1Cc1c(C(=O)Cl)ncn1-c1ccc(F)cc1-2. The number of aromatic nitrogens is 5. The van der Waals surface area contributed by atoms with Gasteiger partial charge in [0, 0.05) is 12.5 Å². The summed E-state index contributed by atoms with van der Waals surface area (Å²) in [4.78, 5) is 15.7. The third kappa shape index (κ3) is 1.72. The largest absolute Gasteiger partial charge is 0.300 e. The number of rotatable bonds is 1. The zero-order chi connectivity index (χ0) is 15.4. The fourth-order valence-electron chi connectivity index (χ4n) is 2.72. The third-order valence-electron chi connectivity index (χ3n) is 3.77.